The Morgan fingerprint density at radius 2 is 2.06 bits per heavy atom. The highest BCUT2D eigenvalue weighted by Crippen LogP contribution is 2.22. The first-order chi connectivity index (χ1) is 8.02. The van der Waals surface area contributed by atoms with Gasteiger partial charge in [0.1, 0.15) is 0 Å². The number of carbonyl (C=O) groups is 1. The Bertz CT molecular complexity index is 436. The summed E-state index contributed by atoms with van der Waals surface area (Å²) < 4.78 is 1.79. The third-order valence-electron chi connectivity index (χ3n) is 3.79. The minimum Gasteiger partial charge on any atom is -0.336 e. The molecule has 2 heterocycles. The van der Waals surface area contributed by atoms with Gasteiger partial charge in [-0.3, -0.25) is 9.48 Å². The Hall–Kier alpha value is -1.32. The zero-order valence-corrected chi connectivity index (χ0v) is 11.2. The van der Waals surface area contributed by atoms with Crippen molar-refractivity contribution in [3.8, 4) is 0 Å². The van der Waals surface area contributed by atoms with Crippen molar-refractivity contribution in [1.29, 1.82) is 0 Å². The van der Waals surface area contributed by atoms with Gasteiger partial charge >= 0.3 is 0 Å². The molecule has 1 fully saturated rings. The number of nitrogens with zero attached hydrogens (tertiary/aromatic N) is 3. The first-order valence-electron chi connectivity index (χ1n) is 6.33. The zero-order chi connectivity index (χ0) is 12.6. The summed E-state index contributed by atoms with van der Waals surface area (Å²) in [5.41, 5.74) is 2.60. The van der Waals surface area contributed by atoms with Crippen LogP contribution in [-0.4, -0.2) is 33.2 Å². The van der Waals surface area contributed by atoms with E-state index in [2.05, 4.69) is 12.0 Å². The predicted octanol–water partition coefficient (Wildman–Crippen LogP) is 2.05. The van der Waals surface area contributed by atoms with Crippen molar-refractivity contribution in [3.05, 3.63) is 17.0 Å². The molecule has 2 rings (SSSR count). The lowest BCUT2D eigenvalue weighted by Gasteiger charge is -2.33. The highest BCUT2D eigenvalue weighted by molar-refractivity contribution is 5.96. The fourth-order valence-corrected chi connectivity index (χ4v) is 2.63. The van der Waals surface area contributed by atoms with Crippen LogP contribution in [0.15, 0.2) is 0 Å². The van der Waals surface area contributed by atoms with E-state index in [1.807, 2.05) is 25.8 Å². The van der Waals surface area contributed by atoms with E-state index in [1.54, 1.807) is 4.68 Å². The summed E-state index contributed by atoms with van der Waals surface area (Å²) in [7, 11) is 1.89. The molecule has 0 radical (unpaired) electrons. The summed E-state index contributed by atoms with van der Waals surface area (Å²) in [4.78, 5) is 14.5. The topological polar surface area (TPSA) is 38.1 Å². The van der Waals surface area contributed by atoms with Gasteiger partial charge in [0.05, 0.1) is 11.3 Å². The summed E-state index contributed by atoms with van der Waals surface area (Å²) in [5, 5.41) is 4.32. The molecule has 1 saturated heterocycles. The molecule has 1 atom stereocenters. The van der Waals surface area contributed by atoms with Crippen LogP contribution in [0.1, 0.15) is 47.9 Å². The molecule has 1 aromatic heterocycles. The predicted molar refractivity (Wildman–Crippen MR) is 67.0 cm³/mol. The molecule has 0 N–H and O–H groups in total. The second-order valence-corrected chi connectivity index (χ2v) is 5.01. The van der Waals surface area contributed by atoms with Crippen molar-refractivity contribution < 1.29 is 4.79 Å². The fraction of sp³-hybridized carbons (Fsp3) is 0.692. The number of aryl methyl sites for hydroxylation is 2. The van der Waals surface area contributed by atoms with Crippen LogP contribution >= 0.6 is 0 Å². The van der Waals surface area contributed by atoms with Crippen molar-refractivity contribution in [3.63, 3.8) is 0 Å². The van der Waals surface area contributed by atoms with E-state index < -0.39 is 0 Å². The highest BCUT2D eigenvalue weighted by atomic mass is 16.2. The Labute approximate surface area is 103 Å². The van der Waals surface area contributed by atoms with Gasteiger partial charge in [0, 0.05) is 25.3 Å². The van der Waals surface area contributed by atoms with Crippen LogP contribution in [0.5, 0.6) is 0 Å². The molecule has 0 bridgehead atoms. The molecule has 4 nitrogen and oxygen atoms in total. The fourth-order valence-electron chi connectivity index (χ4n) is 2.63. The van der Waals surface area contributed by atoms with E-state index in [0.717, 1.165) is 36.3 Å². The molecule has 0 aliphatic carbocycles. The summed E-state index contributed by atoms with van der Waals surface area (Å²) >= 11 is 0. The van der Waals surface area contributed by atoms with Gasteiger partial charge in [-0.25, -0.2) is 0 Å². The van der Waals surface area contributed by atoms with Gasteiger partial charge in [0.15, 0.2) is 0 Å². The maximum absolute atomic E-state index is 12.5. The third-order valence-corrected chi connectivity index (χ3v) is 3.79. The average Bonchev–Trinajstić information content (AvgIpc) is 2.53. The number of amides is 1. The smallest absolute Gasteiger partial charge is 0.257 e. The summed E-state index contributed by atoms with van der Waals surface area (Å²) in [5.74, 6) is 0.153. The highest BCUT2D eigenvalue weighted by Gasteiger charge is 2.27. The Morgan fingerprint density at radius 3 is 2.59 bits per heavy atom. The summed E-state index contributed by atoms with van der Waals surface area (Å²) in [6.45, 7) is 6.89. The normalized spacial score (nSPS) is 20.7. The zero-order valence-electron chi connectivity index (χ0n) is 11.2. The molecular weight excluding hydrogens is 214 g/mol. The number of hydrogen-bond donors (Lipinski definition) is 0. The van der Waals surface area contributed by atoms with E-state index in [-0.39, 0.29) is 5.91 Å². The SMILES string of the molecule is Cc1nn(C)c(C)c1C(=O)N1CCCCC1C. The molecule has 0 aromatic carbocycles. The van der Waals surface area contributed by atoms with Crippen LogP contribution < -0.4 is 0 Å². The molecule has 1 aliphatic heterocycles. The molecule has 94 valence electrons. The molecule has 1 aliphatic rings. The van der Waals surface area contributed by atoms with Crippen molar-refractivity contribution in [2.45, 2.75) is 46.1 Å². The monoisotopic (exact) mass is 235 g/mol. The number of rotatable bonds is 1. The largest absolute Gasteiger partial charge is 0.336 e. The van der Waals surface area contributed by atoms with Gasteiger partial charge in [0.25, 0.3) is 5.91 Å². The molecular formula is C13H21N3O. The summed E-state index contributed by atoms with van der Waals surface area (Å²) in [6, 6.07) is 0.357. The third kappa shape index (κ3) is 2.08. The number of hydrogen-bond acceptors (Lipinski definition) is 2. The number of likely N-dealkylation sites (tertiary alicyclic amines) is 1. The minimum absolute atomic E-state index is 0.153. The van der Waals surface area contributed by atoms with E-state index in [4.69, 9.17) is 0 Å². The van der Waals surface area contributed by atoms with Crippen molar-refractivity contribution in [2.24, 2.45) is 7.05 Å². The molecule has 17 heavy (non-hydrogen) atoms. The molecule has 4 heteroatoms. The standard InChI is InChI=1S/C13H21N3O/c1-9-7-5-6-8-16(9)13(17)12-10(2)14-15(4)11(12)3/h9H,5-8H2,1-4H3. The van der Waals surface area contributed by atoms with Crippen LogP contribution in [0.4, 0.5) is 0 Å². The van der Waals surface area contributed by atoms with Crippen molar-refractivity contribution in [2.75, 3.05) is 6.54 Å². The lowest BCUT2D eigenvalue weighted by atomic mass is 10.0. The molecule has 1 unspecified atom stereocenters. The second-order valence-electron chi connectivity index (χ2n) is 5.01. The van der Waals surface area contributed by atoms with Gasteiger partial charge < -0.3 is 4.90 Å². The Morgan fingerprint density at radius 1 is 1.35 bits per heavy atom. The maximum Gasteiger partial charge on any atom is 0.257 e. The lowest BCUT2D eigenvalue weighted by Crippen LogP contribution is -2.42. The van der Waals surface area contributed by atoms with Gasteiger partial charge in [-0.15, -0.1) is 0 Å². The van der Waals surface area contributed by atoms with E-state index in [1.165, 1.54) is 6.42 Å². The van der Waals surface area contributed by atoms with Crippen LogP contribution in [0.3, 0.4) is 0 Å². The summed E-state index contributed by atoms with van der Waals surface area (Å²) in [6.07, 6.45) is 3.47. The maximum atomic E-state index is 12.5. The Kier molecular flexibility index (Phi) is 3.22. The van der Waals surface area contributed by atoms with Gasteiger partial charge in [-0.1, -0.05) is 0 Å². The molecule has 0 spiro atoms. The van der Waals surface area contributed by atoms with Gasteiger partial charge in [-0.2, -0.15) is 5.10 Å². The second kappa shape index (κ2) is 4.51. The molecule has 0 saturated carbocycles. The van der Waals surface area contributed by atoms with E-state index in [0.29, 0.717) is 6.04 Å². The van der Waals surface area contributed by atoms with Crippen LogP contribution in [-0.2, 0) is 7.05 Å². The van der Waals surface area contributed by atoms with Crippen molar-refractivity contribution >= 4 is 5.91 Å². The first-order valence-corrected chi connectivity index (χ1v) is 6.33. The minimum atomic E-state index is 0.153. The number of aromatic nitrogens is 2. The quantitative estimate of drug-likeness (QED) is 0.747. The van der Waals surface area contributed by atoms with Gasteiger partial charge in [-0.05, 0) is 40.0 Å². The van der Waals surface area contributed by atoms with Crippen LogP contribution in [0.2, 0.25) is 0 Å². The lowest BCUT2D eigenvalue weighted by molar-refractivity contribution is 0.0634. The Balaban J connectivity index is 2.30. The first kappa shape index (κ1) is 12.1. The van der Waals surface area contributed by atoms with E-state index >= 15 is 0 Å². The molecule has 1 amide bonds. The molecule has 1 aromatic rings. The number of piperidine rings is 1. The average molecular weight is 235 g/mol. The van der Waals surface area contributed by atoms with Gasteiger partial charge in [0.2, 0.25) is 0 Å². The van der Waals surface area contributed by atoms with E-state index in [9.17, 15) is 4.79 Å². The van der Waals surface area contributed by atoms with Crippen LogP contribution in [0.25, 0.3) is 0 Å². The van der Waals surface area contributed by atoms with Crippen LogP contribution in [0, 0.1) is 13.8 Å². The number of carbonyl (C=O) groups excluding carboxylic acids is 1. The van der Waals surface area contributed by atoms with Crippen molar-refractivity contribution in [1.82, 2.24) is 14.7 Å².